The predicted octanol–water partition coefficient (Wildman–Crippen LogP) is 1.47. The molecular weight excluding hydrogens is 166 g/mol. The molecule has 3 N–H and O–H groups in total. The van der Waals surface area contributed by atoms with Gasteiger partial charge in [0.05, 0.1) is 0 Å². The zero-order valence-corrected chi connectivity index (χ0v) is 7.99. The minimum atomic E-state index is -0.597. The SMILES string of the molecule is CC1CCCCC1/C=N/NC(N)=O. The van der Waals surface area contributed by atoms with Crippen molar-refractivity contribution in [2.24, 2.45) is 22.7 Å². The van der Waals surface area contributed by atoms with Gasteiger partial charge in [0.25, 0.3) is 0 Å². The third-order valence-electron chi connectivity index (χ3n) is 2.62. The Hall–Kier alpha value is -1.06. The summed E-state index contributed by atoms with van der Waals surface area (Å²) in [6.07, 6.45) is 6.82. The molecule has 0 radical (unpaired) electrons. The average molecular weight is 183 g/mol. The summed E-state index contributed by atoms with van der Waals surface area (Å²) in [6.45, 7) is 2.22. The van der Waals surface area contributed by atoms with Gasteiger partial charge in [-0.25, -0.2) is 10.2 Å². The second-order valence-electron chi connectivity index (χ2n) is 3.68. The fraction of sp³-hybridized carbons (Fsp3) is 0.778. The van der Waals surface area contributed by atoms with Gasteiger partial charge in [0, 0.05) is 6.21 Å². The summed E-state index contributed by atoms with van der Waals surface area (Å²) in [5, 5.41) is 3.80. The Labute approximate surface area is 78.6 Å². The first kappa shape index (κ1) is 10.0. The van der Waals surface area contributed by atoms with E-state index in [1.807, 2.05) is 6.21 Å². The molecule has 2 unspecified atom stereocenters. The number of carbonyl (C=O) groups is 1. The largest absolute Gasteiger partial charge is 0.350 e. The van der Waals surface area contributed by atoms with Crippen LogP contribution in [-0.2, 0) is 0 Å². The van der Waals surface area contributed by atoms with Crippen molar-refractivity contribution in [1.29, 1.82) is 0 Å². The maximum Gasteiger partial charge on any atom is 0.332 e. The first-order valence-corrected chi connectivity index (χ1v) is 4.79. The van der Waals surface area contributed by atoms with Crippen LogP contribution in [0.1, 0.15) is 32.6 Å². The van der Waals surface area contributed by atoms with Crippen molar-refractivity contribution in [3.8, 4) is 0 Å². The molecule has 0 spiro atoms. The van der Waals surface area contributed by atoms with E-state index in [2.05, 4.69) is 17.5 Å². The van der Waals surface area contributed by atoms with Crippen LogP contribution in [0, 0.1) is 11.8 Å². The molecule has 0 aromatic rings. The molecule has 1 aliphatic carbocycles. The lowest BCUT2D eigenvalue weighted by atomic mass is 9.81. The number of urea groups is 1. The highest BCUT2D eigenvalue weighted by Gasteiger charge is 2.19. The number of hydrogen-bond donors (Lipinski definition) is 2. The van der Waals surface area contributed by atoms with Gasteiger partial charge in [-0.3, -0.25) is 0 Å². The van der Waals surface area contributed by atoms with Crippen molar-refractivity contribution in [3.63, 3.8) is 0 Å². The molecule has 13 heavy (non-hydrogen) atoms. The lowest BCUT2D eigenvalue weighted by Gasteiger charge is -2.24. The van der Waals surface area contributed by atoms with Crippen LogP contribution in [0.3, 0.4) is 0 Å². The van der Waals surface area contributed by atoms with Crippen LogP contribution in [0.5, 0.6) is 0 Å². The highest BCUT2D eigenvalue weighted by atomic mass is 16.2. The zero-order chi connectivity index (χ0) is 9.68. The van der Waals surface area contributed by atoms with Crippen molar-refractivity contribution < 1.29 is 4.79 Å². The smallest absolute Gasteiger partial charge is 0.332 e. The monoisotopic (exact) mass is 183 g/mol. The average Bonchev–Trinajstić information content (AvgIpc) is 2.08. The van der Waals surface area contributed by atoms with Crippen LogP contribution in [0.2, 0.25) is 0 Å². The van der Waals surface area contributed by atoms with Crippen LogP contribution in [0.25, 0.3) is 0 Å². The normalized spacial score (nSPS) is 29.0. The molecule has 1 fully saturated rings. The van der Waals surface area contributed by atoms with E-state index in [0.29, 0.717) is 11.8 Å². The summed E-state index contributed by atoms with van der Waals surface area (Å²) < 4.78 is 0. The second-order valence-corrected chi connectivity index (χ2v) is 3.68. The highest BCUT2D eigenvalue weighted by Crippen LogP contribution is 2.27. The van der Waals surface area contributed by atoms with Crippen LogP contribution in [0.15, 0.2) is 5.10 Å². The minimum Gasteiger partial charge on any atom is -0.350 e. The Morgan fingerprint density at radius 2 is 2.23 bits per heavy atom. The summed E-state index contributed by atoms with van der Waals surface area (Å²) in [5.41, 5.74) is 7.10. The number of rotatable bonds is 2. The summed E-state index contributed by atoms with van der Waals surface area (Å²) in [7, 11) is 0. The van der Waals surface area contributed by atoms with Crippen molar-refractivity contribution in [2.75, 3.05) is 0 Å². The first-order valence-electron chi connectivity index (χ1n) is 4.79. The maximum absolute atomic E-state index is 10.3. The maximum atomic E-state index is 10.3. The van der Waals surface area contributed by atoms with Gasteiger partial charge in [-0.05, 0) is 18.3 Å². The number of carbonyl (C=O) groups excluding carboxylic acids is 1. The molecular formula is C9H17N3O. The summed E-state index contributed by atoms with van der Waals surface area (Å²) in [6, 6.07) is -0.597. The van der Waals surface area contributed by atoms with Gasteiger partial charge in [-0.1, -0.05) is 26.2 Å². The molecule has 0 saturated heterocycles. The second kappa shape index (κ2) is 4.84. The zero-order valence-electron chi connectivity index (χ0n) is 7.99. The number of primary amides is 1. The molecule has 1 rings (SSSR count). The standard InChI is InChI=1S/C9H17N3O/c1-7-4-2-3-5-8(7)6-11-12-9(10)13/h6-8H,2-5H2,1H3,(H3,10,12,13)/b11-6+. The molecule has 2 amide bonds. The van der Waals surface area contributed by atoms with E-state index in [1.165, 1.54) is 25.7 Å². The lowest BCUT2D eigenvalue weighted by Crippen LogP contribution is -2.26. The van der Waals surface area contributed by atoms with E-state index in [-0.39, 0.29) is 0 Å². The molecule has 1 aliphatic rings. The van der Waals surface area contributed by atoms with Gasteiger partial charge in [0.2, 0.25) is 0 Å². The molecule has 0 aromatic heterocycles. The van der Waals surface area contributed by atoms with E-state index in [1.54, 1.807) is 0 Å². The molecule has 2 atom stereocenters. The van der Waals surface area contributed by atoms with E-state index in [0.717, 1.165) is 0 Å². The van der Waals surface area contributed by atoms with Gasteiger partial charge in [0.15, 0.2) is 0 Å². The molecule has 0 heterocycles. The fourth-order valence-electron chi connectivity index (χ4n) is 1.76. The van der Waals surface area contributed by atoms with Crippen LogP contribution in [-0.4, -0.2) is 12.2 Å². The Morgan fingerprint density at radius 1 is 1.54 bits per heavy atom. The first-order chi connectivity index (χ1) is 6.20. The summed E-state index contributed by atoms with van der Waals surface area (Å²) in [4.78, 5) is 10.3. The Morgan fingerprint density at radius 3 is 2.85 bits per heavy atom. The van der Waals surface area contributed by atoms with E-state index in [9.17, 15) is 4.79 Å². The molecule has 0 aliphatic heterocycles. The predicted molar refractivity (Wildman–Crippen MR) is 52.3 cm³/mol. The van der Waals surface area contributed by atoms with Gasteiger partial charge in [0.1, 0.15) is 0 Å². The van der Waals surface area contributed by atoms with Crippen molar-refractivity contribution in [1.82, 2.24) is 5.43 Å². The molecule has 74 valence electrons. The van der Waals surface area contributed by atoms with Gasteiger partial charge >= 0.3 is 6.03 Å². The fourth-order valence-corrected chi connectivity index (χ4v) is 1.76. The molecule has 0 bridgehead atoms. The molecule has 4 nitrogen and oxygen atoms in total. The van der Waals surface area contributed by atoms with E-state index in [4.69, 9.17) is 5.73 Å². The number of hydrogen-bond acceptors (Lipinski definition) is 2. The van der Waals surface area contributed by atoms with Crippen LogP contribution >= 0.6 is 0 Å². The number of nitrogens with one attached hydrogen (secondary N) is 1. The van der Waals surface area contributed by atoms with Crippen molar-refractivity contribution in [3.05, 3.63) is 0 Å². The number of amides is 2. The van der Waals surface area contributed by atoms with E-state index >= 15 is 0 Å². The molecule has 4 heteroatoms. The third kappa shape index (κ3) is 3.44. The van der Waals surface area contributed by atoms with Gasteiger partial charge in [-0.15, -0.1) is 0 Å². The van der Waals surface area contributed by atoms with Gasteiger partial charge in [-0.2, -0.15) is 5.10 Å². The van der Waals surface area contributed by atoms with E-state index < -0.39 is 6.03 Å². The Balaban J connectivity index is 2.33. The number of nitrogens with zero attached hydrogens (tertiary/aromatic N) is 1. The van der Waals surface area contributed by atoms with Gasteiger partial charge < -0.3 is 5.73 Å². The topological polar surface area (TPSA) is 67.5 Å². The van der Waals surface area contributed by atoms with Crippen LogP contribution in [0.4, 0.5) is 4.79 Å². The van der Waals surface area contributed by atoms with Crippen LogP contribution < -0.4 is 11.2 Å². The lowest BCUT2D eigenvalue weighted by molar-refractivity contribution is 0.249. The van der Waals surface area contributed by atoms with Crippen molar-refractivity contribution >= 4 is 12.2 Å². The number of nitrogens with two attached hydrogens (primary N) is 1. The Bertz CT molecular complexity index is 203. The number of hydrazone groups is 1. The third-order valence-corrected chi connectivity index (χ3v) is 2.62. The quantitative estimate of drug-likeness (QED) is 0.494. The summed E-state index contributed by atoms with van der Waals surface area (Å²) >= 11 is 0. The Kier molecular flexibility index (Phi) is 3.73. The van der Waals surface area contributed by atoms with Crippen molar-refractivity contribution in [2.45, 2.75) is 32.6 Å². The molecule has 1 saturated carbocycles. The highest BCUT2D eigenvalue weighted by molar-refractivity contribution is 5.73. The summed E-state index contributed by atoms with van der Waals surface area (Å²) in [5.74, 6) is 1.17. The molecule has 0 aromatic carbocycles. The minimum absolute atomic E-state index is 0.501.